The molecule has 0 aliphatic carbocycles. The maximum Gasteiger partial charge on any atom is 0.164 e. The van der Waals surface area contributed by atoms with Crippen molar-refractivity contribution in [3.05, 3.63) is 39.9 Å². The predicted molar refractivity (Wildman–Crippen MR) is 76.8 cm³/mol. The minimum absolute atomic E-state index is 0.392. The van der Waals surface area contributed by atoms with E-state index in [2.05, 4.69) is 26.0 Å². The highest BCUT2D eigenvalue weighted by atomic mass is 79.9. The van der Waals surface area contributed by atoms with E-state index in [9.17, 15) is 0 Å². The fourth-order valence-electron chi connectivity index (χ4n) is 1.96. The van der Waals surface area contributed by atoms with Gasteiger partial charge in [-0.1, -0.05) is 15.9 Å². The third kappa shape index (κ3) is 3.13. The molecule has 1 aromatic carbocycles. The van der Waals surface area contributed by atoms with Gasteiger partial charge in [0.15, 0.2) is 5.82 Å². The van der Waals surface area contributed by atoms with E-state index < -0.39 is 0 Å². The van der Waals surface area contributed by atoms with Crippen LogP contribution < -0.4 is 10.5 Å². The number of ether oxygens (including phenoxy) is 1. The van der Waals surface area contributed by atoms with E-state index in [-0.39, 0.29) is 0 Å². The molecule has 0 fully saturated rings. The molecule has 0 bridgehead atoms. The van der Waals surface area contributed by atoms with Crippen molar-refractivity contribution in [2.45, 2.75) is 33.5 Å². The van der Waals surface area contributed by atoms with Crippen LogP contribution in [0.3, 0.4) is 0 Å². The van der Waals surface area contributed by atoms with Gasteiger partial charge in [0.25, 0.3) is 0 Å². The van der Waals surface area contributed by atoms with Crippen molar-refractivity contribution in [3.63, 3.8) is 0 Å². The monoisotopic (exact) mass is 324 g/mol. The average Bonchev–Trinajstić information content (AvgIpc) is 2.84. The zero-order valence-corrected chi connectivity index (χ0v) is 12.6. The lowest BCUT2D eigenvalue weighted by Crippen LogP contribution is -2.09. The van der Waals surface area contributed by atoms with Gasteiger partial charge in [-0.15, -0.1) is 0 Å². The van der Waals surface area contributed by atoms with E-state index >= 15 is 0 Å². The van der Waals surface area contributed by atoms with Gasteiger partial charge in [-0.25, -0.2) is 9.67 Å². The summed E-state index contributed by atoms with van der Waals surface area (Å²) >= 11 is 3.46. The Morgan fingerprint density at radius 1 is 1.42 bits per heavy atom. The van der Waals surface area contributed by atoms with Gasteiger partial charge in [-0.2, -0.15) is 5.10 Å². The Balaban J connectivity index is 2.20. The van der Waals surface area contributed by atoms with Crippen LogP contribution in [0.25, 0.3) is 0 Å². The molecule has 0 atom stereocenters. The summed E-state index contributed by atoms with van der Waals surface area (Å²) in [6.45, 7) is 5.64. The molecule has 2 aromatic rings. The van der Waals surface area contributed by atoms with Gasteiger partial charge in [-0.3, -0.25) is 0 Å². The highest BCUT2D eigenvalue weighted by molar-refractivity contribution is 9.10. The highest BCUT2D eigenvalue weighted by Gasteiger charge is 2.10. The first-order valence-corrected chi connectivity index (χ1v) is 6.93. The van der Waals surface area contributed by atoms with E-state index in [1.807, 2.05) is 30.7 Å². The van der Waals surface area contributed by atoms with Gasteiger partial charge in [0, 0.05) is 23.1 Å². The van der Waals surface area contributed by atoms with Crippen LogP contribution >= 0.6 is 15.9 Å². The van der Waals surface area contributed by atoms with Crippen LogP contribution in [0.2, 0.25) is 0 Å². The molecule has 0 spiro atoms. The van der Waals surface area contributed by atoms with Crippen LogP contribution in [0.4, 0.5) is 0 Å². The van der Waals surface area contributed by atoms with E-state index in [1.54, 1.807) is 6.33 Å². The second-order valence-corrected chi connectivity index (χ2v) is 5.11. The molecule has 0 saturated carbocycles. The molecule has 2 rings (SSSR count). The molecule has 102 valence electrons. The van der Waals surface area contributed by atoms with Gasteiger partial charge in [-0.05, 0) is 31.5 Å². The lowest BCUT2D eigenvalue weighted by atomic mass is 10.1. The van der Waals surface area contributed by atoms with E-state index in [0.717, 1.165) is 33.7 Å². The molecule has 0 radical (unpaired) electrons. The molecule has 0 saturated heterocycles. The molecule has 0 aliphatic heterocycles. The van der Waals surface area contributed by atoms with Crippen molar-refractivity contribution in [1.29, 1.82) is 0 Å². The van der Waals surface area contributed by atoms with Crippen LogP contribution in [0.15, 0.2) is 22.9 Å². The number of halogens is 1. The molecule has 6 heteroatoms. The number of benzene rings is 1. The lowest BCUT2D eigenvalue weighted by molar-refractivity contribution is 0.282. The van der Waals surface area contributed by atoms with Gasteiger partial charge >= 0.3 is 0 Å². The van der Waals surface area contributed by atoms with Crippen molar-refractivity contribution < 1.29 is 4.74 Å². The van der Waals surface area contributed by atoms with Crippen molar-refractivity contribution in [2.24, 2.45) is 5.73 Å². The lowest BCUT2D eigenvalue weighted by Gasteiger charge is -2.14. The Hall–Kier alpha value is -1.40. The number of aryl methyl sites for hydroxylation is 2. The van der Waals surface area contributed by atoms with E-state index in [0.29, 0.717) is 13.2 Å². The number of hydrogen-bond donors (Lipinski definition) is 1. The molecule has 2 N–H and O–H groups in total. The number of hydrogen-bond acceptors (Lipinski definition) is 4. The predicted octanol–water partition coefficient (Wildman–Crippen LogP) is 2.41. The SMILES string of the molecule is CCn1ncnc1COc1c(C)cc(Br)cc1CN. The summed E-state index contributed by atoms with van der Waals surface area (Å²) in [5.41, 5.74) is 7.79. The van der Waals surface area contributed by atoms with Crippen molar-refractivity contribution >= 4 is 15.9 Å². The fraction of sp³-hybridized carbons (Fsp3) is 0.385. The molecule has 0 aliphatic rings. The molecule has 0 amide bonds. The summed E-state index contributed by atoms with van der Waals surface area (Å²) in [6.07, 6.45) is 1.54. The van der Waals surface area contributed by atoms with Crippen LogP contribution in [0.5, 0.6) is 5.75 Å². The summed E-state index contributed by atoms with van der Waals surface area (Å²) in [7, 11) is 0. The van der Waals surface area contributed by atoms with Crippen molar-refractivity contribution in [3.8, 4) is 5.75 Å². The Bertz CT molecular complexity index is 568. The van der Waals surface area contributed by atoms with E-state index in [4.69, 9.17) is 10.5 Å². The van der Waals surface area contributed by atoms with Crippen LogP contribution in [-0.2, 0) is 19.7 Å². The summed E-state index contributed by atoms with van der Waals surface area (Å²) < 4.78 is 8.70. The second-order valence-electron chi connectivity index (χ2n) is 4.20. The summed E-state index contributed by atoms with van der Waals surface area (Å²) in [6, 6.07) is 3.99. The third-order valence-electron chi connectivity index (χ3n) is 2.88. The average molecular weight is 325 g/mol. The third-order valence-corrected chi connectivity index (χ3v) is 3.33. The highest BCUT2D eigenvalue weighted by Crippen LogP contribution is 2.28. The second kappa shape index (κ2) is 6.16. The molecule has 0 unspecified atom stereocenters. The first kappa shape index (κ1) is 14.0. The maximum atomic E-state index is 5.88. The van der Waals surface area contributed by atoms with Crippen molar-refractivity contribution in [1.82, 2.24) is 14.8 Å². The summed E-state index contributed by atoms with van der Waals surface area (Å²) in [5.74, 6) is 1.64. The number of aromatic nitrogens is 3. The van der Waals surface area contributed by atoms with Gasteiger partial charge in [0.05, 0.1) is 0 Å². The molecular formula is C13H17BrN4O. The quantitative estimate of drug-likeness (QED) is 0.917. The molecule has 5 nitrogen and oxygen atoms in total. The first-order valence-electron chi connectivity index (χ1n) is 6.14. The van der Waals surface area contributed by atoms with Crippen LogP contribution in [0, 0.1) is 6.92 Å². The number of rotatable bonds is 5. The topological polar surface area (TPSA) is 66.0 Å². The maximum absolute atomic E-state index is 5.88. The first-order chi connectivity index (χ1) is 9.15. The molecule has 19 heavy (non-hydrogen) atoms. The minimum Gasteiger partial charge on any atom is -0.485 e. The molecule has 1 aromatic heterocycles. The largest absolute Gasteiger partial charge is 0.485 e. The Labute approximate surface area is 120 Å². The summed E-state index contributed by atoms with van der Waals surface area (Å²) in [5, 5.41) is 4.12. The van der Waals surface area contributed by atoms with Crippen LogP contribution in [-0.4, -0.2) is 14.8 Å². The van der Waals surface area contributed by atoms with Crippen LogP contribution in [0.1, 0.15) is 23.9 Å². The van der Waals surface area contributed by atoms with Gasteiger partial charge in [0.1, 0.15) is 18.7 Å². The Morgan fingerprint density at radius 2 is 2.21 bits per heavy atom. The molecule has 1 heterocycles. The minimum atomic E-state index is 0.392. The number of nitrogens with two attached hydrogens (primary N) is 1. The Morgan fingerprint density at radius 3 is 2.89 bits per heavy atom. The van der Waals surface area contributed by atoms with Crippen molar-refractivity contribution in [2.75, 3.05) is 0 Å². The molecular weight excluding hydrogens is 308 g/mol. The van der Waals surface area contributed by atoms with E-state index in [1.165, 1.54) is 0 Å². The normalized spacial score (nSPS) is 10.7. The van der Waals surface area contributed by atoms with Gasteiger partial charge < -0.3 is 10.5 Å². The van der Waals surface area contributed by atoms with Gasteiger partial charge in [0.2, 0.25) is 0 Å². The zero-order chi connectivity index (χ0) is 13.8. The standard InChI is InChI=1S/C13H17BrN4O/c1-3-18-12(16-8-17-18)7-19-13-9(2)4-11(14)5-10(13)6-15/h4-5,8H,3,6-7,15H2,1-2H3. The Kier molecular flexibility index (Phi) is 4.55. The fourth-order valence-corrected chi connectivity index (χ4v) is 2.58. The number of nitrogens with zero attached hydrogens (tertiary/aromatic N) is 3. The smallest absolute Gasteiger partial charge is 0.164 e. The summed E-state index contributed by atoms with van der Waals surface area (Å²) in [4.78, 5) is 4.19. The zero-order valence-electron chi connectivity index (χ0n) is 11.1.